The molecule has 0 amide bonds. The Kier molecular flexibility index (Phi) is 8.62. The minimum atomic E-state index is 0. The smallest absolute Gasteiger partial charge is 0.231 e. The van der Waals surface area contributed by atoms with Crippen molar-refractivity contribution in [3.63, 3.8) is 0 Å². The Labute approximate surface area is 176 Å². The van der Waals surface area contributed by atoms with Crippen molar-refractivity contribution in [2.75, 3.05) is 52.2 Å². The first-order chi connectivity index (χ1) is 12.3. The summed E-state index contributed by atoms with van der Waals surface area (Å²) in [7, 11) is 1.81. The Morgan fingerprint density at radius 2 is 1.96 bits per heavy atom. The van der Waals surface area contributed by atoms with Gasteiger partial charge in [-0.3, -0.25) is 4.99 Å². The van der Waals surface area contributed by atoms with Crippen LogP contribution in [0.5, 0.6) is 11.5 Å². The van der Waals surface area contributed by atoms with E-state index >= 15 is 0 Å². The summed E-state index contributed by atoms with van der Waals surface area (Å²) in [5, 5.41) is 6.87. The summed E-state index contributed by atoms with van der Waals surface area (Å²) in [5.74, 6) is 3.57. The molecule has 2 aliphatic heterocycles. The van der Waals surface area contributed by atoms with Gasteiger partial charge in [-0.05, 0) is 36.8 Å². The molecule has 0 saturated carbocycles. The highest BCUT2D eigenvalue weighted by atomic mass is 127. The van der Waals surface area contributed by atoms with Gasteiger partial charge in [-0.1, -0.05) is 6.07 Å². The molecule has 8 heteroatoms. The predicted octanol–water partition coefficient (Wildman–Crippen LogP) is 2.61. The molecule has 0 spiro atoms. The van der Waals surface area contributed by atoms with Gasteiger partial charge in [-0.2, -0.15) is 11.8 Å². The van der Waals surface area contributed by atoms with E-state index in [1.54, 1.807) is 0 Å². The Balaban J connectivity index is 0.00000243. The highest BCUT2D eigenvalue weighted by molar-refractivity contribution is 14.0. The molecule has 0 aromatic heterocycles. The van der Waals surface area contributed by atoms with E-state index in [1.807, 2.05) is 24.9 Å². The van der Waals surface area contributed by atoms with Gasteiger partial charge in [-0.25, -0.2) is 0 Å². The summed E-state index contributed by atoms with van der Waals surface area (Å²) in [6, 6.07) is 6.30. The summed E-state index contributed by atoms with van der Waals surface area (Å²) < 4.78 is 16.6. The number of nitrogens with zero attached hydrogens (tertiary/aromatic N) is 1. The molecule has 0 radical (unpaired) electrons. The van der Waals surface area contributed by atoms with Gasteiger partial charge in [0.15, 0.2) is 17.5 Å². The van der Waals surface area contributed by atoms with Gasteiger partial charge in [0.1, 0.15) is 0 Å². The number of halogens is 1. The maximum Gasteiger partial charge on any atom is 0.231 e. The van der Waals surface area contributed by atoms with E-state index < -0.39 is 0 Å². The largest absolute Gasteiger partial charge is 0.454 e. The van der Waals surface area contributed by atoms with Gasteiger partial charge in [0.2, 0.25) is 6.79 Å². The molecule has 3 rings (SSSR count). The second-order valence-corrected chi connectivity index (χ2v) is 7.29. The molecule has 26 heavy (non-hydrogen) atoms. The Morgan fingerprint density at radius 3 is 2.69 bits per heavy atom. The molecule has 2 aliphatic rings. The lowest BCUT2D eigenvalue weighted by Gasteiger charge is -2.38. The first-order valence-corrected chi connectivity index (χ1v) is 10.1. The molecule has 146 valence electrons. The normalized spacial score (nSPS) is 18.2. The van der Waals surface area contributed by atoms with Gasteiger partial charge in [-0.15, -0.1) is 24.0 Å². The van der Waals surface area contributed by atoms with Gasteiger partial charge < -0.3 is 24.8 Å². The first kappa shape index (κ1) is 21.4. The maximum atomic E-state index is 5.62. The Bertz CT molecular complexity index is 609. The van der Waals surface area contributed by atoms with E-state index in [0.29, 0.717) is 6.79 Å². The summed E-state index contributed by atoms with van der Waals surface area (Å²) in [4.78, 5) is 4.34. The molecule has 0 atom stereocenters. The van der Waals surface area contributed by atoms with Crippen molar-refractivity contribution in [2.24, 2.45) is 4.99 Å². The zero-order chi connectivity index (χ0) is 17.5. The van der Waals surface area contributed by atoms with Gasteiger partial charge >= 0.3 is 0 Å². The molecule has 1 aromatic carbocycles. The fourth-order valence-electron chi connectivity index (χ4n) is 3.30. The van der Waals surface area contributed by atoms with Crippen LogP contribution in [0.25, 0.3) is 0 Å². The van der Waals surface area contributed by atoms with Crippen molar-refractivity contribution < 1.29 is 14.2 Å². The minimum absolute atomic E-state index is 0. The average Bonchev–Trinajstić information content (AvgIpc) is 3.13. The molecular weight excluding hydrogens is 465 g/mol. The molecule has 0 aliphatic carbocycles. The highest BCUT2D eigenvalue weighted by Gasteiger charge is 2.35. The number of thioether (sulfide) groups is 1. The quantitative estimate of drug-likeness (QED) is 0.275. The fraction of sp³-hybridized carbons (Fsp3) is 0.611. The predicted molar refractivity (Wildman–Crippen MR) is 117 cm³/mol. The van der Waals surface area contributed by atoms with Crippen LogP contribution in [0, 0.1) is 0 Å². The average molecular weight is 493 g/mol. The van der Waals surface area contributed by atoms with Crippen molar-refractivity contribution in [1.82, 2.24) is 10.6 Å². The first-order valence-electron chi connectivity index (χ1n) is 8.69. The van der Waals surface area contributed by atoms with E-state index in [9.17, 15) is 0 Å². The monoisotopic (exact) mass is 493 g/mol. The number of fused-ring (bicyclic) bond motifs is 1. The molecular formula is C18H28IN3O3S. The number of hydrogen-bond acceptors (Lipinski definition) is 5. The minimum Gasteiger partial charge on any atom is -0.454 e. The number of ether oxygens (including phenoxy) is 3. The lowest BCUT2D eigenvalue weighted by molar-refractivity contribution is 0.0513. The van der Waals surface area contributed by atoms with Gasteiger partial charge in [0.05, 0.1) is 0 Å². The zero-order valence-corrected chi connectivity index (χ0v) is 18.5. The summed E-state index contributed by atoms with van der Waals surface area (Å²) >= 11 is 1.82. The van der Waals surface area contributed by atoms with E-state index in [-0.39, 0.29) is 29.4 Å². The van der Waals surface area contributed by atoms with Crippen LogP contribution in [0.2, 0.25) is 0 Å². The molecule has 6 nitrogen and oxygen atoms in total. The van der Waals surface area contributed by atoms with E-state index in [0.717, 1.165) is 62.4 Å². The third kappa shape index (κ3) is 5.10. The van der Waals surface area contributed by atoms with Crippen LogP contribution in [0.1, 0.15) is 18.4 Å². The van der Waals surface area contributed by atoms with Crippen molar-refractivity contribution in [1.29, 1.82) is 0 Å². The van der Waals surface area contributed by atoms with Crippen LogP contribution in [0.4, 0.5) is 0 Å². The topological polar surface area (TPSA) is 64.1 Å². The third-order valence-corrected chi connectivity index (χ3v) is 5.46. The summed E-state index contributed by atoms with van der Waals surface area (Å²) in [5.41, 5.74) is 1.28. The van der Waals surface area contributed by atoms with Crippen LogP contribution < -0.4 is 20.1 Å². The highest BCUT2D eigenvalue weighted by Crippen LogP contribution is 2.40. The van der Waals surface area contributed by atoms with Crippen molar-refractivity contribution in [3.05, 3.63) is 23.8 Å². The van der Waals surface area contributed by atoms with E-state index in [4.69, 9.17) is 14.2 Å². The fourth-order valence-corrected chi connectivity index (χ4v) is 3.61. The summed E-state index contributed by atoms with van der Waals surface area (Å²) in [6.45, 7) is 3.57. The SMILES string of the molecule is CN=C(NCCSC)NCC1(c2ccc3c(c2)OCO3)CCOCC1.I. The van der Waals surface area contributed by atoms with Gasteiger partial charge in [0, 0.05) is 44.5 Å². The molecule has 1 saturated heterocycles. The second-order valence-electron chi connectivity index (χ2n) is 6.31. The van der Waals surface area contributed by atoms with E-state index in [1.165, 1.54) is 5.56 Å². The number of benzene rings is 1. The standard InChI is InChI=1S/C18H27N3O3S.HI/c1-19-17(20-7-10-25-2)21-12-18(5-8-22-9-6-18)14-3-4-15-16(11-14)24-13-23-15;/h3-4,11H,5-10,12-13H2,1-2H3,(H2,19,20,21);1H. The van der Waals surface area contributed by atoms with Crippen molar-refractivity contribution in [2.45, 2.75) is 18.3 Å². The number of hydrogen-bond donors (Lipinski definition) is 2. The molecule has 0 bridgehead atoms. The van der Waals surface area contributed by atoms with Crippen LogP contribution in [-0.4, -0.2) is 58.1 Å². The molecule has 2 N–H and O–H groups in total. The number of aliphatic imine (C=N–C) groups is 1. The van der Waals surface area contributed by atoms with Crippen LogP contribution in [-0.2, 0) is 10.2 Å². The second kappa shape index (κ2) is 10.5. The van der Waals surface area contributed by atoms with Gasteiger partial charge in [0.25, 0.3) is 0 Å². The zero-order valence-electron chi connectivity index (χ0n) is 15.4. The molecule has 0 unspecified atom stereocenters. The molecule has 2 heterocycles. The molecule has 1 fully saturated rings. The lowest BCUT2D eigenvalue weighted by atomic mass is 9.74. The third-order valence-electron chi connectivity index (χ3n) is 4.85. The summed E-state index contributed by atoms with van der Waals surface area (Å²) in [6.07, 6.45) is 4.05. The molecule has 1 aromatic rings. The van der Waals surface area contributed by atoms with Crippen molar-refractivity contribution >= 4 is 41.7 Å². The Hall–Kier alpha value is -0.870. The van der Waals surface area contributed by atoms with Crippen LogP contribution in [0.15, 0.2) is 23.2 Å². The lowest BCUT2D eigenvalue weighted by Crippen LogP contribution is -2.48. The number of guanidine groups is 1. The van der Waals surface area contributed by atoms with Crippen LogP contribution in [0.3, 0.4) is 0 Å². The number of rotatable bonds is 6. The Morgan fingerprint density at radius 1 is 1.19 bits per heavy atom. The van der Waals surface area contributed by atoms with E-state index in [2.05, 4.69) is 34.0 Å². The van der Waals surface area contributed by atoms with Crippen LogP contribution >= 0.6 is 35.7 Å². The van der Waals surface area contributed by atoms with Crippen molar-refractivity contribution in [3.8, 4) is 11.5 Å². The number of nitrogens with one attached hydrogen (secondary N) is 2. The maximum absolute atomic E-state index is 5.62.